The van der Waals surface area contributed by atoms with Gasteiger partial charge in [0.2, 0.25) is 12.2 Å². The van der Waals surface area contributed by atoms with Gasteiger partial charge in [-0.2, -0.15) is 0 Å². The molecular formula is C21H17BrFNO9. The summed E-state index contributed by atoms with van der Waals surface area (Å²) in [6.45, 7) is 3.79. The second-order valence-corrected chi connectivity index (χ2v) is 8.18. The lowest BCUT2D eigenvalue weighted by Gasteiger charge is -2.38. The lowest BCUT2D eigenvalue weighted by atomic mass is 9.99. The van der Waals surface area contributed by atoms with Crippen molar-refractivity contribution in [3.8, 4) is 23.0 Å². The Morgan fingerprint density at radius 2 is 1.88 bits per heavy atom. The molecule has 0 amide bonds. The Kier molecular flexibility index (Phi) is 6.12. The van der Waals surface area contributed by atoms with Crippen LogP contribution in [0.2, 0.25) is 0 Å². The number of carboxylic acids is 1. The van der Waals surface area contributed by atoms with Crippen molar-refractivity contribution in [1.82, 2.24) is 4.98 Å². The maximum absolute atomic E-state index is 14.3. The maximum atomic E-state index is 14.3. The molecule has 4 rings (SSSR count). The van der Waals surface area contributed by atoms with Gasteiger partial charge in [-0.1, -0.05) is 22.5 Å². The lowest BCUT2D eigenvalue weighted by molar-refractivity contribution is -0.271. The van der Waals surface area contributed by atoms with Gasteiger partial charge in [-0.3, -0.25) is 0 Å². The van der Waals surface area contributed by atoms with Crippen molar-refractivity contribution in [1.29, 1.82) is 0 Å². The first-order valence-electron chi connectivity index (χ1n) is 9.44. The Hall–Kier alpha value is -3.03. The van der Waals surface area contributed by atoms with E-state index < -0.39 is 42.5 Å². The molecule has 2 aromatic carbocycles. The fourth-order valence-electron chi connectivity index (χ4n) is 3.40. The largest absolute Gasteiger partial charge is 0.508 e. The molecule has 0 radical (unpaired) electrons. The summed E-state index contributed by atoms with van der Waals surface area (Å²) >= 11 is 3.23. The van der Waals surface area contributed by atoms with E-state index in [1.54, 1.807) is 0 Å². The van der Waals surface area contributed by atoms with Crippen LogP contribution in [-0.2, 0) is 9.53 Å². The van der Waals surface area contributed by atoms with Gasteiger partial charge in [0.1, 0.15) is 41.1 Å². The number of aromatic hydroxyl groups is 1. The minimum absolute atomic E-state index is 0.00921. The molecule has 1 aromatic heterocycles. The zero-order valence-corrected chi connectivity index (χ0v) is 18.1. The zero-order valence-electron chi connectivity index (χ0n) is 16.6. The molecule has 1 aliphatic heterocycles. The van der Waals surface area contributed by atoms with E-state index in [0.717, 1.165) is 6.07 Å². The molecule has 0 bridgehead atoms. The molecule has 0 spiro atoms. The third kappa shape index (κ3) is 4.18. The van der Waals surface area contributed by atoms with Gasteiger partial charge < -0.3 is 39.4 Å². The molecule has 0 aliphatic carbocycles. The van der Waals surface area contributed by atoms with Gasteiger partial charge in [-0.05, 0) is 24.3 Å². The predicted octanol–water partition coefficient (Wildman–Crippen LogP) is 1.98. The van der Waals surface area contributed by atoms with Crippen LogP contribution in [0.15, 0.2) is 41.3 Å². The van der Waals surface area contributed by atoms with E-state index in [1.165, 1.54) is 24.3 Å². The zero-order chi connectivity index (χ0) is 24.0. The second-order valence-electron chi connectivity index (χ2n) is 7.23. The van der Waals surface area contributed by atoms with Crippen LogP contribution in [0.1, 0.15) is 5.56 Å². The Morgan fingerprint density at radius 1 is 1.15 bits per heavy atom. The van der Waals surface area contributed by atoms with E-state index in [9.17, 15) is 34.7 Å². The van der Waals surface area contributed by atoms with Crippen molar-refractivity contribution in [2.75, 3.05) is 0 Å². The summed E-state index contributed by atoms with van der Waals surface area (Å²) in [5.41, 5.74) is 0.636. The van der Waals surface area contributed by atoms with Crippen LogP contribution in [0, 0.1) is 5.82 Å². The molecule has 12 heteroatoms. The fraction of sp³-hybridized carbons (Fsp3) is 0.238. The molecular weight excluding hydrogens is 509 g/mol. The van der Waals surface area contributed by atoms with E-state index in [4.69, 9.17) is 13.9 Å². The molecule has 174 valence electrons. The number of ether oxygens (including phenoxy) is 2. The molecule has 2 heterocycles. The Morgan fingerprint density at radius 3 is 2.52 bits per heavy atom. The molecule has 33 heavy (non-hydrogen) atoms. The van der Waals surface area contributed by atoms with Crippen molar-refractivity contribution >= 4 is 37.5 Å². The first-order valence-corrected chi connectivity index (χ1v) is 10.2. The van der Waals surface area contributed by atoms with Crippen LogP contribution in [0.4, 0.5) is 4.39 Å². The summed E-state index contributed by atoms with van der Waals surface area (Å²) in [4.78, 5) is 15.6. The third-order valence-corrected chi connectivity index (χ3v) is 5.43. The van der Waals surface area contributed by atoms with Gasteiger partial charge in [0, 0.05) is 10.5 Å². The van der Waals surface area contributed by atoms with Gasteiger partial charge in [0.05, 0.1) is 11.1 Å². The molecule has 1 fully saturated rings. The highest BCUT2D eigenvalue weighted by Gasteiger charge is 2.48. The molecule has 5 atom stereocenters. The topological polar surface area (TPSA) is 163 Å². The number of carbonyl (C=O) groups is 1. The minimum Gasteiger partial charge on any atom is -0.508 e. The normalized spacial score (nSPS) is 25.2. The van der Waals surface area contributed by atoms with E-state index in [-0.39, 0.29) is 44.1 Å². The van der Waals surface area contributed by atoms with Crippen molar-refractivity contribution in [2.45, 2.75) is 30.7 Å². The molecule has 3 aromatic rings. The van der Waals surface area contributed by atoms with Crippen LogP contribution in [0.3, 0.4) is 0 Å². The smallest absolute Gasteiger partial charge is 0.335 e. The number of rotatable bonds is 5. The predicted molar refractivity (Wildman–Crippen MR) is 114 cm³/mol. The average molecular weight is 526 g/mol. The van der Waals surface area contributed by atoms with Crippen LogP contribution >= 0.6 is 15.9 Å². The van der Waals surface area contributed by atoms with Crippen molar-refractivity contribution in [3.05, 3.63) is 48.3 Å². The summed E-state index contributed by atoms with van der Waals surface area (Å²) in [7, 11) is 0. The van der Waals surface area contributed by atoms with Crippen molar-refractivity contribution < 1.29 is 48.6 Å². The number of hydrogen-bond acceptors (Lipinski definition) is 9. The summed E-state index contributed by atoms with van der Waals surface area (Å²) in [5, 5.41) is 48.7. The highest BCUT2D eigenvalue weighted by Crippen LogP contribution is 2.39. The number of oxazole rings is 1. The number of halogens is 2. The minimum atomic E-state index is -1.87. The van der Waals surface area contributed by atoms with Gasteiger partial charge >= 0.3 is 5.97 Å². The standard InChI is InChI=1S/C21H17BrFNO9/c1-7(22)13-11(32-21-17(28)15(26)16(27)18(33-21)20(29)30)4-5-12-14(13)24-19(31-12)9-3-2-8(25)6-10(9)23/h2-6,15-18,21,25-28H,1H2,(H,29,30)/t15-,16-,17+,18-,21?/m0/s1. The highest BCUT2D eigenvalue weighted by molar-refractivity contribution is 9.15. The summed E-state index contributed by atoms with van der Waals surface area (Å²) in [6.07, 6.45) is -9.00. The number of aliphatic carboxylic acids is 1. The van der Waals surface area contributed by atoms with Crippen molar-refractivity contribution in [3.63, 3.8) is 0 Å². The van der Waals surface area contributed by atoms with Gasteiger partial charge in [-0.15, -0.1) is 0 Å². The SMILES string of the molecule is C=C(Br)c1c(OC2O[C@H](C(=O)O)[C@@H](O)[C@H](O)[C@H]2O)ccc2oc(-c3ccc(O)cc3F)nc12. The summed E-state index contributed by atoms with van der Waals surface area (Å²) in [6, 6.07) is 6.31. The van der Waals surface area contributed by atoms with Gasteiger partial charge in [0.25, 0.3) is 0 Å². The molecule has 1 aliphatic rings. The number of hydrogen-bond donors (Lipinski definition) is 5. The van der Waals surface area contributed by atoms with Crippen LogP contribution in [-0.4, -0.2) is 67.2 Å². The van der Waals surface area contributed by atoms with E-state index in [1.807, 2.05) is 0 Å². The first kappa shape index (κ1) is 23.1. The molecule has 1 unspecified atom stereocenters. The Balaban J connectivity index is 1.75. The van der Waals surface area contributed by atoms with E-state index in [0.29, 0.717) is 0 Å². The number of fused-ring (bicyclic) bond motifs is 1. The number of aliphatic hydroxyl groups is 3. The number of nitrogens with zero attached hydrogens (tertiary/aromatic N) is 1. The number of carboxylic acid groups (broad SMARTS) is 1. The number of aromatic nitrogens is 1. The molecule has 0 saturated carbocycles. The average Bonchev–Trinajstić information content (AvgIpc) is 3.17. The highest BCUT2D eigenvalue weighted by atomic mass is 79.9. The summed E-state index contributed by atoms with van der Waals surface area (Å²) < 4.78 is 31.0. The van der Waals surface area contributed by atoms with E-state index in [2.05, 4.69) is 27.5 Å². The maximum Gasteiger partial charge on any atom is 0.335 e. The molecule has 10 nitrogen and oxygen atoms in total. The number of phenols is 1. The quantitative estimate of drug-likeness (QED) is 0.332. The molecule has 1 saturated heterocycles. The van der Waals surface area contributed by atoms with Crippen LogP contribution < -0.4 is 4.74 Å². The Bertz CT molecular complexity index is 1250. The van der Waals surface area contributed by atoms with Crippen LogP contribution in [0.25, 0.3) is 27.0 Å². The number of benzene rings is 2. The first-order chi connectivity index (χ1) is 15.6. The van der Waals surface area contributed by atoms with E-state index >= 15 is 0 Å². The van der Waals surface area contributed by atoms with Crippen molar-refractivity contribution in [2.24, 2.45) is 0 Å². The fourth-order valence-corrected chi connectivity index (χ4v) is 3.79. The van der Waals surface area contributed by atoms with Gasteiger partial charge in [0.15, 0.2) is 11.7 Å². The monoisotopic (exact) mass is 525 g/mol. The molecule has 5 N–H and O–H groups in total. The summed E-state index contributed by atoms with van der Waals surface area (Å²) in [5.74, 6) is -2.65. The number of phenolic OH excluding ortho intramolecular Hbond substituents is 1. The van der Waals surface area contributed by atoms with Crippen LogP contribution in [0.5, 0.6) is 11.5 Å². The van der Waals surface area contributed by atoms with Gasteiger partial charge in [-0.25, -0.2) is 14.2 Å². The third-order valence-electron chi connectivity index (χ3n) is 5.03. The Labute approximate surface area is 193 Å². The number of aliphatic hydroxyl groups excluding tert-OH is 3. The lowest BCUT2D eigenvalue weighted by Crippen LogP contribution is -2.61. The second kappa shape index (κ2) is 8.72.